The van der Waals surface area contributed by atoms with Crippen LogP contribution in [0.1, 0.15) is 32.2 Å². The number of H-pyrrole nitrogens is 1. The van der Waals surface area contributed by atoms with Crippen molar-refractivity contribution < 1.29 is 4.79 Å². The minimum absolute atomic E-state index is 0.0413. The van der Waals surface area contributed by atoms with E-state index in [9.17, 15) is 4.79 Å². The number of nitriles is 1. The maximum absolute atomic E-state index is 13.4. The Kier molecular flexibility index (Phi) is 5.88. The molecule has 4 aromatic rings. The van der Waals surface area contributed by atoms with Gasteiger partial charge in [-0.3, -0.25) is 9.36 Å². The highest BCUT2D eigenvalue weighted by atomic mass is 32.2. The SMILES string of the molecule is C[C@@H](Sc1nnc(-c2c[nH]c3ccccc23)n1C1CC1)C(=O)N(CCC#N)c1ccccc1. The first-order valence-corrected chi connectivity index (χ1v) is 12.0. The van der Waals surface area contributed by atoms with Crippen molar-refractivity contribution in [3.63, 3.8) is 0 Å². The molecule has 1 aliphatic carbocycles. The molecule has 33 heavy (non-hydrogen) atoms. The van der Waals surface area contributed by atoms with E-state index < -0.39 is 0 Å². The third-order valence-electron chi connectivity index (χ3n) is 5.82. The lowest BCUT2D eigenvalue weighted by Gasteiger charge is -2.25. The number of aromatic nitrogens is 4. The fourth-order valence-electron chi connectivity index (χ4n) is 4.02. The van der Waals surface area contributed by atoms with Crippen LogP contribution in [0.4, 0.5) is 5.69 Å². The van der Waals surface area contributed by atoms with Gasteiger partial charge in [-0.15, -0.1) is 10.2 Å². The van der Waals surface area contributed by atoms with Crippen molar-refractivity contribution in [1.29, 1.82) is 5.26 Å². The molecular weight excluding hydrogens is 432 g/mol. The zero-order valence-corrected chi connectivity index (χ0v) is 19.1. The van der Waals surface area contributed by atoms with Crippen molar-refractivity contribution in [1.82, 2.24) is 19.7 Å². The van der Waals surface area contributed by atoms with Gasteiger partial charge in [0.1, 0.15) is 0 Å². The minimum Gasteiger partial charge on any atom is -0.360 e. The summed E-state index contributed by atoms with van der Waals surface area (Å²) in [5.74, 6) is 0.793. The lowest BCUT2D eigenvalue weighted by molar-refractivity contribution is -0.117. The highest BCUT2D eigenvalue weighted by Gasteiger charge is 2.33. The van der Waals surface area contributed by atoms with E-state index in [1.54, 1.807) is 4.90 Å². The number of aromatic amines is 1. The average molecular weight is 457 g/mol. The molecule has 0 saturated heterocycles. The van der Waals surface area contributed by atoms with Crippen molar-refractivity contribution in [2.24, 2.45) is 0 Å². The molecule has 0 radical (unpaired) electrons. The van der Waals surface area contributed by atoms with E-state index in [-0.39, 0.29) is 17.6 Å². The van der Waals surface area contributed by atoms with E-state index >= 15 is 0 Å². The van der Waals surface area contributed by atoms with Gasteiger partial charge in [0.05, 0.1) is 17.7 Å². The first kappa shape index (κ1) is 21.3. The summed E-state index contributed by atoms with van der Waals surface area (Å²) < 4.78 is 2.19. The molecule has 1 aliphatic rings. The molecule has 1 saturated carbocycles. The zero-order valence-electron chi connectivity index (χ0n) is 18.3. The molecule has 0 aliphatic heterocycles. The largest absolute Gasteiger partial charge is 0.360 e. The van der Waals surface area contributed by atoms with E-state index in [1.165, 1.54) is 11.8 Å². The number of benzene rings is 2. The summed E-state index contributed by atoms with van der Waals surface area (Å²) >= 11 is 1.43. The summed E-state index contributed by atoms with van der Waals surface area (Å²) in [4.78, 5) is 18.4. The number of carbonyl (C=O) groups excluding carboxylic acids is 1. The molecule has 166 valence electrons. The number of nitrogens with zero attached hydrogens (tertiary/aromatic N) is 5. The number of thioether (sulfide) groups is 1. The maximum atomic E-state index is 13.4. The molecule has 0 bridgehead atoms. The molecule has 1 atom stereocenters. The normalized spacial score (nSPS) is 14.2. The molecule has 1 N–H and O–H groups in total. The van der Waals surface area contributed by atoms with Gasteiger partial charge >= 0.3 is 0 Å². The number of amides is 1. The minimum atomic E-state index is -0.374. The van der Waals surface area contributed by atoms with Crippen molar-refractivity contribution in [2.45, 2.75) is 42.6 Å². The fraction of sp³-hybridized carbons (Fsp3) is 0.280. The summed E-state index contributed by atoms with van der Waals surface area (Å²) in [7, 11) is 0. The third-order valence-corrected chi connectivity index (χ3v) is 6.86. The van der Waals surface area contributed by atoms with E-state index in [2.05, 4.69) is 31.9 Å². The van der Waals surface area contributed by atoms with Gasteiger partial charge in [0, 0.05) is 40.9 Å². The Hall–Kier alpha value is -3.57. The second-order valence-corrected chi connectivity index (χ2v) is 9.46. The van der Waals surface area contributed by atoms with E-state index in [0.717, 1.165) is 46.0 Å². The Bertz CT molecular complexity index is 1320. The van der Waals surface area contributed by atoms with Crippen molar-refractivity contribution >= 4 is 34.3 Å². The summed E-state index contributed by atoms with van der Waals surface area (Å²) in [6.45, 7) is 2.26. The number of fused-ring (bicyclic) bond motifs is 1. The second kappa shape index (κ2) is 9.12. The maximum Gasteiger partial charge on any atom is 0.240 e. The first-order chi connectivity index (χ1) is 16.2. The first-order valence-electron chi connectivity index (χ1n) is 11.1. The predicted molar refractivity (Wildman–Crippen MR) is 130 cm³/mol. The Morgan fingerprint density at radius 3 is 2.73 bits per heavy atom. The lowest BCUT2D eigenvalue weighted by Crippen LogP contribution is -2.37. The zero-order chi connectivity index (χ0) is 22.8. The van der Waals surface area contributed by atoms with Crippen LogP contribution in [-0.2, 0) is 4.79 Å². The summed E-state index contributed by atoms with van der Waals surface area (Å²) in [5.41, 5.74) is 2.88. The lowest BCUT2D eigenvalue weighted by atomic mass is 10.1. The topological polar surface area (TPSA) is 90.6 Å². The van der Waals surface area contributed by atoms with Crippen LogP contribution in [0.15, 0.2) is 66.0 Å². The highest BCUT2D eigenvalue weighted by Crippen LogP contribution is 2.43. The fourth-order valence-corrected chi connectivity index (χ4v) is 5.01. The van der Waals surface area contributed by atoms with Crippen LogP contribution in [0, 0.1) is 11.3 Å². The van der Waals surface area contributed by atoms with Crippen LogP contribution in [0.3, 0.4) is 0 Å². The number of carbonyl (C=O) groups is 1. The van der Waals surface area contributed by atoms with Gasteiger partial charge in [0.25, 0.3) is 0 Å². The molecule has 8 heteroatoms. The van der Waals surface area contributed by atoms with Gasteiger partial charge in [0.15, 0.2) is 11.0 Å². The molecule has 2 aromatic heterocycles. The van der Waals surface area contributed by atoms with Crippen LogP contribution in [0.5, 0.6) is 0 Å². The van der Waals surface area contributed by atoms with Gasteiger partial charge in [0.2, 0.25) is 5.91 Å². The molecule has 0 spiro atoms. The molecule has 1 amide bonds. The average Bonchev–Trinajstić information content (AvgIpc) is 3.46. The van der Waals surface area contributed by atoms with Crippen LogP contribution in [0.25, 0.3) is 22.3 Å². The number of nitrogens with one attached hydrogen (secondary N) is 1. The van der Waals surface area contributed by atoms with Gasteiger partial charge in [-0.05, 0) is 38.0 Å². The quantitative estimate of drug-likeness (QED) is 0.369. The summed E-state index contributed by atoms with van der Waals surface area (Å²) in [6, 6.07) is 20.2. The highest BCUT2D eigenvalue weighted by molar-refractivity contribution is 8.00. The number of para-hydroxylation sites is 2. The number of hydrogen-bond donors (Lipinski definition) is 1. The Labute approximate surface area is 196 Å². The molecule has 1 fully saturated rings. The third kappa shape index (κ3) is 4.24. The van der Waals surface area contributed by atoms with Gasteiger partial charge in [-0.25, -0.2) is 0 Å². The summed E-state index contributed by atoms with van der Waals surface area (Å²) in [5, 5.41) is 19.6. The molecule has 0 unspecified atom stereocenters. The molecular formula is C25H24N6OS. The van der Waals surface area contributed by atoms with E-state index in [0.29, 0.717) is 12.6 Å². The van der Waals surface area contributed by atoms with E-state index in [4.69, 9.17) is 5.26 Å². The Balaban J connectivity index is 1.43. The van der Waals surface area contributed by atoms with Crippen LogP contribution < -0.4 is 4.90 Å². The smallest absolute Gasteiger partial charge is 0.240 e. The number of hydrogen-bond acceptors (Lipinski definition) is 5. The van der Waals surface area contributed by atoms with Crippen molar-refractivity contribution in [2.75, 3.05) is 11.4 Å². The number of anilines is 1. The van der Waals surface area contributed by atoms with Crippen LogP contribution in [-0.4, -0.2) is 37.5 Å². The van der Waals surface area contributed by atoms with Crippen LogP contribution >= 0.6 is 11.8 Å². The van der Waals surface area contributed by atoms with Crippen LogP contribution in [0.2, 0.25) is 0 Å². The number of rotatable bonds is 8. The second-order valence-electron chi connectivity index (χ2n) is 8.15. The molecule has 7 nitrogen and oxygen atoms in total. The summed E-state index contributed by atoms with van der Waals surface area (Å²) in [6.07, 6.45) is 4.43. The Morgan fingerprint density at radius 2 is 1.97 bits per heavy atom. The Morgan fingerprint density at radius 1 is 1.21 bits per heavy atom. The molecule has 2 aromatic carbocycles. The molecule has 5 rings (SSSR count). The van der Waals surface area contributed by atoms with Gasteiger partial charge in [-0.2, -0.15) is 5.26 Å². The van der Waals surface area contributed by atoms with Gasteiger partial charge < -0.3 is 9.88 Å². The monoisotopic (exact) mass is 456 g/mol. The van der Waals surface area contributed by atoms with E-state index in [1.807, 2.05) is 61.7 Å². The predicted octanol–water partition coefficient (Wildman–Crippen LogP) is 5.19. The standard InChI is InChI=1S/C25H24N6OS/c1-17(24(32)30(15-7-14-26)18-8-3-2-4-9-18)33-25-29-28-23(31(25)19-12-13-19)21-16-27-22-11-6-5-10-20(21)22/h2-6,8-11,16-17,19,27H,7,12-13,15H2,1H3/t17-/m1/s1. The van der Waals surface area contributed by atoms with Crippen molar-refractivity contribution in [3.8, 4) is 17.5 Å². The van der Waals surface area contributed by atoms with Gasteiger partial charge in [-0.1, -0.05) is 48.2 Å². The van der Waals surface area contributed by atoms with Crippen molar-refractivity contribution in [3.05, 3.63) is 60.8 Å². The molecule has 2 heterocycles.